The second kappa shape index (κ2) is 5.36. The number of carbonyl (C=O) groups is 1. The quantitative estimate of drug-likeness (QED) is 0.622. The third-order valence-corrected chi connectivity index (χ3v) is 1.78. The summed E-state index contributed by atoms with van der Waals surface area (Å²) in [4.78, 5) is 10.9. The van der Waals surface area contributed by atoms with Crippen molar-refractivity contribution < 1.29 is 4.79 Å². The van der Waals surface area contributed by atoms with Gasteiger partial charge in [0.05, 0.1) is 0 Å². The van der Waals surface area contributed by atoms with Gasteiger partial charge in [-0.3, -0.25) is 15.6 Å². The van der Waals surface area contributed by atoms with Crippen LogP contribution in [0.1, 0.15) is 12.5 Å². The molecule has 0 radical (unpaired) electrons. The average Bonchev–Trinajstić information content (AvgIpc) is 2.16. The van der Waals surface area contributed by atoms with Gasteiger partial charge in [0.2, 0.25) is 5.91 Å². The molecule has 0 unspecified atom stereocenters. The van der Waals surface area contributed by atoms with Crippen LogP contribution < -0.4 is 16.2 Å². The number of hydrogen-bond acceptors (Lipinski definition) is 3. The minimum absolute atomic E-state index is 0.0538. The Morgan fingerprint density at radius 1 is 1.36 bits per heavy atom. The summed E-state index contributed by atoms with van der Waals surface area (Å²) in [5, 5.41) is 2.78. The van der Waals surface area contributed by atoms with E-state index in [1.165, 1.54) is 6.92 Å². The van der Waals surface area contributed by atoms with Crippen LogP contribution >= 0.6 is 0 Å². The smallest absolute Gasteiger partial charge is 0.221 e. The van der Waals surface area contributed by atoms with Crippen LogP contribution in [0.25, 0.3) is 0 Å². The highest BCUT2D eigenvalue weighted by Gasteiger charge is 2.01. The van der Waals surface area contributed by atoms with Crippen LogP contribution in [-0.4, -0.2) is 13.0 Å². The molecule has 0 aromatic heterocycles. The molecule has 3 N–H and O–H groups in total. The minimum atomic E-state index is -0.0538. The molecule has 0 saturated heterocycles. The van der Waals surface area contributed by atoms with Gasteiger partial charge in [-0.25, -0.2) is 0 Å². The molecule has 0 aliphatic rings. The molecule has 1 aromatic carbocycles. The highest BCUT2D eigenvalue weighted by atomic mass is 16.1. The number of hydrogen-bond donors (Lipinski definition) is 3. The van der Waals surface area contributed by atoms with Gasteiger partial charge in [0.1, 0.15) is 0 Å². The maximum Gasteiger partial charge on any atom is 0.221 e. The van der Waals surface area contributed by atoms with E-state index < -0.39 is 0 Å². The second-order valence-electron chi connectivity index (χ2n) is 2.94. The molecule has 0 aliphatic carbocycles. The Bertz CT molecular complexity index is 312. The lowest BCUT2D eigenvalue weighted by Crippen LogP contribution is -2.27. The predicted molar refractivity (Wildman–Crippen MR) is 56.6 cm³/mol. The molecular weight excluding hydrogens is 178 g/mol. The van der Waals surface area contributed by atoms with Gasteiger partial charge in [-0.2, -0.15) is 0 Å². The fourth-order valence-electron chi connectivity index (χ4n) is 1.17. The Kier molecular flexibility index (Phi) is 4.10. The Morgan fingerprint density at radius 3 is 2.71 bits per heavy atom. The van der Waals surface area contributed by atoms with Gasteiger partial charge < -0.3 is 5.32 Å². The molecule has 0 spiro atoms. The molecule has 1 amide bonds. The molecule has 1 aromatic rings. The summed E-state index contributed by atoms with van der Waals surface area (Å²) in [5.74, 6) is -0.0538. The molecule has 0 saturated carbocycles. The number of amides is 1. The summed E-state index contributed by atoms with van der Waals surface area (Å²) in [6.07, 6.45) is 0. The molecule has 0 aliphatic heterocycles. The van der Waals surface area contributed by atoms with E-state index in [0.717, 1.165) is 11.3 Å². The number of rotatable bonds is 4. The predicted octanol–water partition coefficient (Wildman–Crippen LogP) is 0.869. The molecular formula is C10H15N3O. The van der Waals surface area contributed by atoms with Gasteiger partial charge in [0.25, 0.3) is 0 Å². The summed E-state index contributed by atoms with van der Waals surface area (Å²) in [5.41, 5.74) is 7.71. The second-order valence-corrected chi connectivity index (χ2v) is 2.94. The number of para-hydroxylation sites is 1. The normalized spacial score (nSPS) is 9.86. The third-order valence-electron chi connectivity index (χ3n) is 1.78. The van der Waals surface area contributed by atoms with E-state index in [9.17, 15) is 4.79 Å². The molecule has 14 heavy (non-hydrogen) atoms. The number of hydrazine groups is 1. The molecule has 0 atom stereocenters. The summed E-state index contributed by atoms with van der Waals surface area (Å²) in [6, 6.07) is 7.69. The van der Waals surface area contributed by atoms with Crippen molar-refractivity contribution in [2.45, 2.75) is 13.5 Å². The molecule has 0 fully saturated rings. The van der Waals surface area contributed by atoms with Crippen LogP contribution in [0.2, 0.25) is 0 Å². The first kappa shape index (κ1) is 10.7. The van der Waals surface area contributed by atoms with E-state index in [-0.39, 0.29) is 5.91 Å². The van der Waals surface area contributed by atoms with Crippen molar-refractivity contribution >= 4 is 11.6 Å². The van der Waals surface area contributed by atoms with Crippen molar-refractivity contribution in [3.8, 4) is 0 Å². The largest absolute Gasteiger partial charge is 0.326 e. The number of nitrogens with one attached hydrogen (secondary N) is 3. The van der Waals surface area contributed by atoms with Crippen LogP contribution in [0, 0.1) is 0 Å². The first-order valence-corrected chi connectivity index (χ1v) is 4.49. The maximum atomic E-state index is 10.9. The van der Waals surface area contributed by atoms with Crippen LogP contribution in [0.3, 0.4) is 0 Å². The molecule has 4 nitrogen and oxygen atoms in total. The van der Waals surface area contributed by atoms with E-state index in [4.69, 9.17) is 0 Å². The van der Waals surface area contributed by atoms with Gasteiger partial charge in [0.15, 0.2) is 0 Å². The number of benzene rings is 1. The molecule has 0 bridgehead atoms. The third kappa shape index (κ3) is 3.16. The van der Waals surface area contributed by atoms with E-state index in [0.29, 0.717) is 6.54 Å². The van der Waals surface area contributed by atoms with Crippen LogP contribution in [0.15, 0.2) is 24.3 Å². The van der Waals surface area contributed by atoms with Crippen LogP contribution in [0.4, 0.5) is 5.69 Å². The zero-order valence-corrected chi connectivity index (χ0v) is 8.42. The van der Waals surface area contributed by atoms with E-state index in [1.807, 2.05) is 24.3 Å². The van der Waals surface area contributed by atoms with Crippen LogP contribution in [0.5, 0.6) is 0 Å². The van der Waals surface area contributed by atoms with E-state index in [2.05, 4.69) is 16.2 Å². The summed E-state index contributed by atoms with van der Waals surface area (Å²) >= 11 is 0. The molecule has 0 heterocycles. The molecule has 76 valence electrons. The fraction of sp³-hybridized carbons (Fsp3) is 0.300. The fourth-order valence-corrected chi connectivity index (χ4v) is 1.17. The van der Waals surface area contributed by atoms with Gasteiger partial charge in [-0.1, -0.05) is 18.2 Å². The number of carbonyl (C=O) groups excluding carboxylic acids is 1. The van der Waals surface area contributed by atoms with Crippen molar-refractivity contribution in [1.82, 2.24) is 10.9 Å². The first-order valence-electron chi connectivity index (χ1n) is 4.49. The lowest BCUT2D eigenvalue weighted by atomic mass is 10.2. The van der Waals surface area contributed by atoms with E-state index >= 15 is 0 Å². The van der Waals surface area contributed by atoms with E-state index in [1.54, 1.807) is 7.05 Å². The Morgan fingerprint density at radius 2 is 2.07 bits per heavy atom. The standard InChI is InChI=1S/C10H15N3O/c1-8(14)13-10-6-4-3-5-9(10)7-12-11-2/h3-6,11-12H,7H2,1-2H3,(H,13,14). The first-order chi connectivity index (χ1) is 6.74. The molecule has 1 rings (SSSR count). The highest BCUT2D eigenvalue weighted by molar-refractivity contribution is 5.89. The Balaban J connectivity index is 2.74. The summed E-state index contributed by atoms with van der Waals surface area (Å²) in [6.45, 7) is 2.18. The lowest BCUT2D eigenvalue weighted by Gasteiger charge is -2.09. The van der Waals surface area contributed by atoms with Crippen molar-refractivity contribution in [2.75, 3.05) is 12.4 Å². The summed E-state index contributed by atoms with van der Waals surface area (Å²) in [7, 11) is 1.81. The maximum absolute atomic E-state index is 10.9. The van der Waals surface area contributed by atoms with Gasteiger partial charge >= 0.3 is 0 Å². The summed E-state index contributed by atoms with van der Waals surface area (Å²) < 4.78 is 0. The van der Waals surface area contributed by atoms with Crippen LogP contribution in [-0.2, 0) is 11.3 Å². The van der Waals surface area contributed by atoms with Crippen molar-refractivity contribution in [3.63, 3.8) is 0 Å². The highest BCUT2D eigenvalue weighted by Crippen LogP contribution is 2.14. The monoisotopic (exact) mass is 193 g/mol. The van der Waals surface area contributed by atoms with Crippen molar-refractivity contribution in [3.05, 3.63) is 29.8 Å². The zero-order chi connectivity index (χ0) is 10.4. The number of anilines is 1. The average molecular weight is 193 g/mol. The Labute approximate surface area is 83.7 Å². The Hall–Kier alpha value is -1.39. The van der Waals surface area contributed by atoms with Crippen molar-refractivity contribution in [2.24, 2.45) is 0 Å². The zero-order valence-electron chi connectivity index (χ0n) is 8.42. The minimum Gasteiger partial charge on any atom is -0.326 e. The van der Waals surface area contributed by atoms with Gasteiger partial charge in [0, 0.05) is 19.2 Å². The van der Waals surface area contributed by atoms with Crippen molar-refractivity contribution in [1.29, 1.82) is 0 Å². The SMILES string of the molecule is CNNCc1ccccc1NC(C)=O. The molecule has 4 heteroatoms. The van der Waals surface area contributed by atoms with Gasteiger partial charge in [-0.05, 0) is 18.7 Å². The lowest BCUT2D eigenvalue weighted by molar-refractivity contribution is -0.114. The topological polar surface area (TPSA) is 53.2 Å². The van der Waals surface area contributed by atoms with Gasteiger partial charge in [-0.15, -0.1) is 0 Å².